The highest BCUT2D eigenvalue weighted by atomic mass is 16.3. The van der Waals surface area contributed by atoms with Crippen molar-refractivity contribution < 1.29 is 5.11 Å². The molecular weight excluding hydrogens is 340 g/mol. The van der Waals surface area contributed by atoms with Crippen LogP contribution >= 0.6 is 0 Å². The molecule has 1 N–H and O–H groups in total. The van der Waals surface area contributed by atoms with Crippen LogP contribution in [0.3, 0.4) is 0 Å². The summed E-state index contributed by atoms with van der Waals surface area (Å²) in [6.45, 7) is 10.3. The third-order valence-electron chi connectivity index (χ3n) is 11.1. The lowest BCUT2D eigenvalue weighted by Crippen LogP contribution is -2.50. The van der Waals surface area contributed by atoms with Crippen molar-refractivity contribution in [3.63, 3.8) is 0 Å². The van der Waals surface area contributed by atoms with Crippen LogP contribution in [-0.2, 0) is 0 Å². The Morgan fingerprint density at radius 2 is 1.89 bits per heavy atom. The first-order valence-corrected chi connectivity index (χ1v) is 12.7. The molecule has 0 heterocycles. The summed E-state index contributed by atoms with van der Waals surface area (Å²) in [6.07, 6.45) is 17.4. The molecule has 3 unspecified atom stereocenters. The van der Waals surface area contributed by atoms with Gasteiger partial charge in [0.1, 0.15) is 0 Å². The minimum atomic E-state index is -0.0735. The fourth-order valence-electron chi connectivity index (χ4n) is 9.10. The van der Waals surface area contributed by atoms with Crippen molar-refractivity contribution in [2.24, 2.45) is 52.3 Å². The summed E-state index contributed by atoms with van der Waals surface area (Å²) >= 11 is 0. The zero-order chi connectivity index (χ0) is 19.7. The van der Waals surface area contributed by atoms with E-state index in [2.05, 4.69) is 33.8 Å². The lowest BCUT2D eigenvalue weighted by Gasteiger charge is -2.58. The summed E-state index contributed by atoms with van der Waals surface area (Å²) in [6, 6.07) is 0. The molecule has 4 fully saturated rings. The van der Waals surface area contributed by atoms with Crippen LogP contribution in [0.2, 0.25) is 0 Å². The molecule has 0 aliphatic heterocycles. The number of rotatable bonds is 4. The van der Waals surface area contributed by atoms with Crippen LogP contribution in [0.4, 0.5) is 0 Å². The van der Waals surface area contributed by atoms with E-state index in [1.165, 1.54) is 57.8 Å². The van der Waals surface area contributed by atoms with Gasteiger partial charge in [0, 0.05) is 0 Å². The molecule has 28 heavy (non-hydrogen) atoms. The minimum absolute atomic E-state index is 0.0735. The highest BCUT2D eigenvalue weighted by Crippen LogP contribution is 2.67. The molecule has 0 bridgehead atoms. The zero-order valence-corrected chi connectivity index (χ0v) is 18.9. The van der Waals surface area contributed by atoms with Gasteiger partial charge in [-0.2, -0.15) is 0 Å². The molecule has 5 rings (SSSR count). The van der Waals surface area contributed by atoms with Crippen molar-refractivity contribution in [2.75, 3.05) is 0 Å². The van der Waals surface area contributed by atoms with E-state index in [4.69, 9.17) is 0 Å². The standard InChI is InChI=1S/C27H44O/c1-17(5-6-19-15-18(19)2)23-9-10-24-22-8-7-20-16-21(28)11-13-26(20,3)25(22)12-14-27(23,24)4/h7,17-19,21-25,28H,5-6,8-16H2,1-4H3/t17-,18?,19?,21?,22+,23-,24+,25+,26+,27-/m1/s1. The smallest absolute Gasteiger partial charge is 0.0577 e. The molecule has 5 aliphatic carbocycles. The van der Waals surface area contributed by atoms with Gasteiger partial charge >= 0.3 is 0 Å². The largest absolute Gasteiger partial charge is 0.393 e. The van der Waals surface area contributed by atoms with E-state index in [1.54, 1.807) is 5.57 Å². The Kier molecular flexibility index (Phi) is 4.81. The van der Waals surface area contributed by atoms with Crippen LogP contribution in [0.25, 0.3) is 0 Å². The average Bonchev–Trinajstić information content (AvgIpc) is 3.25. The predicted molar refractivity (Wildman–Crippen MR) is 117 cm³/mol. The molecule has 5 aliphatic rings. The molecule has 1 heteroatoms. The molecule has 158 valence electrons. The van der Waals surface area contributed by atoms with Gasteiger partial charge in [0.2, 0.25) is 0 Å². The summed E-state index contributed by atoms with van der Waals surface area (Å²) in [4.78, 5) is 0. The molecule has 0 amide bonds. The van der Waals surface area contributed by atoms with E-state index in [-0.39, 0.29) is 6.10 Å². The van der Waals surface area contributed by atoms with E-state index in [0.717, 1.165) is 54.3 Å². The van der Waals surface area contributed by atoms with Crippen molar-refractivity contribution in [1.82, 2.24) is 0 Å². The SMILES string of the molecule is CC1CC1CC[C@@H](C)[C@H]1CC[C@H]2[C@@H]3CC=C4CC(O)CC[C@]4(C)[C@H]3CC[C@]12C. The Morgan fingerprint density at radius 3 is 2.64 bits per heavy atom. The number of fused-ring (bicyclic) bond motifs is 5. The second kappa shape index (κ2) is 6.86. The topological polar surface area (TPSA) is 20.2 Å². The maximum atomic E-state index is 10.2. The number of allylic oxidation sites excluding steroid dienone is 1. The van der Waals surface area contributed by atoms with E-state index in [9.17, 15) is 5.11 Å². The van der Waals surface area contributed by atoms with Crippen LogP contribution in [0, 0.1) is 52.3 Å². The van der Waals surface area contributed by atoms with Gasteiger partial charge in [0.15, 0.2) is 0 Å². The Hall–Kier alpha value is -0.300. The minimum Gasteiger partial charge on any atom is -0.393 e. The first-order valence-electron chi connectivity index (χ1n) is 12.7. The van der Waals surface area contributed by atoms with E-state index >= 15 is 0 Å². The Balaban J connectivity index is 1.32. The molecule has 0 aromatic rings. The van der Waals surface area contributed by atoms with E-state index in [0.29, 0.717) is 10.8 Å². The van der Waals surface area contributed by atoms with Gasteiger partial charge in [0.25, 0.3) is 0 Å². The molecule has 0 spiro atoms. The average molecular weight is 385 g/mol. The summed E-state index contributed by atoms with van der Waals surface area (Å²) in [5, 5.41) is 10.2. The van der Waals surface area contributed by atoms with Crippen LogP contribution in [-0.4, -0.2) is 11.2 Å². The van der Waals surface area contributed by atoms with Gasteiger partial charge in [-0.15, -0.1) is 0 Å². The zero-order valence-electron chi connectivity index (χ0n) is 18.9. The molecule has 10 atom stereocenters. The summed E-state index contributed by atoms with van der Waals surface area (Å²) in [5.74, 6) is 6.75. The van der Waals surface area contributed by atoms with Gasteiger partial charge in [-0.25, -0.2) is 0 Å². The first kappa shape index (κ1) is 19.7. The lowest BCUT2D eigenvalue weighted by atomic mass is 9.47. The normalized spacial score (nSPS) is 53.6. The molecule has 1 nitrogen and oxygen atoms in total. The molecular formula is C27H44O. The Morgan fingerprint density at radius 1 is 1.11 bits per heavy atom. The fourth-order valence-corrected chi connectivity index (χ4v) is 9.10. The highest BCUT2D eigenvalue weighted by Gasteiger charge is 2.59. The second-order valence-corrected chi connectivity index (χ2v) is 12.4. The van der Waals surface area contributed by atoms with Crippen molar-refractivity contribution in [3.05, 3.63) is 11.6 Å². The van der Waals surface area contributed by atoms with Crippen molar-refractivity contribution in [2.45, 2.75) is 104 Å². The molecule has 0 aromatic carbocycles. The number of hydrogen-bond acceptors (Lipinski definition) is 1. The third kappa shape index (κ3) is 2.97. The summed E-state index contributed by atoms with van der Waals surface area (Å²) < 4.78 is 0. The van der Waals surface area contributed by atoms with Gasteiger partial charge in [-0.05, 0) is 116 Å². The van der Waals surface area contributed by atoms with E-state index in [1.807, 2.05) is 0 Å². The Labute approximate surface area is 173 Å². The third-order valence-corrected chi connectivity index (χ3v) is 11.1. The predicted octanol–water partition coefficient (Wildman–Crippen LogP) is 7.00. The van der Waals surface area contributed by atoms with Gasteiger partial charge < -0.3 is 5.11 Å². The quantitative estimate of drug-likeness (QED) is 0.517. The Bertz CT molecular complexity index is 636. The summed E-state index contributed by atoms with van der Waals surface area (Å²) in [7, 11) is 0. The maximum absolute atomic E-state index is 10.2. The lowest BCUT2D eigenvalue weighted by molar-refractivity contribution is -0.0573. The maximum Gasteiger partial charge on any atom is 0.0577 e. The first-order chi connectivity index (χ1) is 13.3. The highest BCUT2D eigenvalue weighted by molar-refractivity contribution is 5.25. The van der Waals surface area contributed by atoms with Gasteiger partial charge in [0.05, 0.1) is 6.10 Å². The van der Waals surface area contributed by atoms with Gasteiger partial charge in [-0.1, -0.05) is 45.8 Å². The van der Waals surface area contributed by atoms with E-state index < -0.39 is 0 Å². The van der Waals surface area contributed by atoms with Crippen molar-refractivity contribution in [1.29, 1.82) is 0 Å². The monoisotopic (exact) mass is 384 g/mol. The molecule has 4 saturated carbocycles. The second-order valence-electron chi connectivity index (χ2n) is 12.4. The molecule has 0 radical (unpaired) electrons. The fraction of sp³-hybridized carbons (Fsp3) is 0.926. The number of aliphatic hydroxyl groups excluding tert-OH is 1. The van der Waals surface area contributed by atoms with Crippen LogP contribution in [0.1, 0.15) is 98.3 Å². The van der Waals surface area contributed by atoms with Crippen molar-refractivity contribution in [3.8, 4) is 0 Å². The van der Waals surface area contributed by atoms with Crippen LogP contribution in [0.15, 0.2) is 11.6 Å². The molecule has 0 saturated heterocycles. The number of hydrogen-bond donors (Lipinski definition) is 1. The summed E-state index contributed by atoms with van der Waals surface area (Å²) in [5.41, 5.74) is 2.62. The molecule has 0 aromatic heterocycles. The van der Waals surface area contributed by atoms with Crippen LogP contribution in [0.5, 0.6) is 0 Å². The number of aliphatic hydroxyl groups is 1. The van der Waals surface area contributed by atoms with Crippen LogP contribution < -0.4 is 0 Å². The van der Waals surface area contributed by atoms with Crippen molar-refractivity contribution >= 4 is 0 Å². The van der Waals surface area contributed by atoms with Gasteiger partial charge in [-0.3, -0.25) is 0 Å².